The van der Waals surface area contributed by atoms with E-state index in [1.54, 1.807) is 6.07 Å². The van der Waals surface area contributed by atoms with Crippen molar-refractivity contribution in [1.82, 2.24) is 4.98 Å². The number of para-hydroxylation sites is 1. The van der Waals surface area contributed by atoms with Gasteiger partial charge in [0.2, 0.25) is 0 Å². The number of rotatable bonds is 6. The van der Waals surface area contributed by atoms with Crippen LogP contribution in [0, 0.1) is 11.3 Å². The average molecular weight is 397 g/mol. The second kappa shape index (κ2) is 8.22. The molecule has 146 valence electrons. The first kappa shape index (κ1) is 18.8. The fraction of sp³-hybridized carbons (Fsp3) is 0.381. The Bertz CT molecular complexity index is 877. The van der Waals surface area contributed by atoms with Gasteiger partial charge in [-0.2, -0.15) is 11.8 Å². The number of aromatic carboxylic acids is 1. The van der Waals surface area contributed by atoms with Crippen LogP contribution in [-0.2, 0) is 0 Å². The smallest absolute Gasteiger partial charge is 0.354 e. The summed E-state index contributed by atoms with van der Waals surface area (Å²) in [5, 5.41) is 21.8. The number of thioether (sulfide) groups is 1. The molecule has 2 aromatic rings. The van der Waals surface area contributed by atoms with Crippen LogP contribution < -0.4 is 10.2 Å². The monoisotopic (exact) mass is 396 g/mol. The lowest BCUT2D eigenvalue weighted by Crippen LogP contribution is -2.35. The van der Waals surface area contributed by atoms with Crippen LogP contribution >= 0.6 is 11.8 Å². The van der Waals surface area contributed by atoms with Crippen molar-refractivity contribution in [2.24, 2.45) is 5.92 Å². The quantitative estimate of drug-likeness (QED) is 0.633. The Balaban J connectivity index is 1.83. The minimum Gasteiger partial charge on any atom is -0.477 e. The molecule has 7 heteroatoms. The molecule has 2 heterocycles. The number of carboxylic acid groups (broad SMARTS) is 1. The van der Waals surface area contributed by atoms with Gasteiger partial charge in [-0.05, 0) is 31.0 Å². The SMILES string of the molecule is N=C(c1c(N2CCSCC2)cc(C(=O)O)nc1Nc1ccccc1)C1CCC1. The minimum atomic E-state index is -1.05. The zero-order chi connectivity index (χ0) is 19.5. The number of pyridine rings is 1. The van der Waals surface area contributed by atoms with E-state index in [0.717, 1.165) is 60.8 Å². The molecule has 1 aromatic carbocycles. The van der Waals surface area contributed by atoms with Gasteiger partial charge in [-0.3, -0.25) is 0 Å². The third-order valence-corrected chi connectivity index (χ3v) is 6.33. The van der Waals surface area contributed by atoms with E-state index in [0.29, 0.717) is 11.5 Å². The molecule has 0 unspecified atom stereocenters. The van der Waals surface area contributed by atoms with E-state index < -0.39 is 5.97 Å². The van der Waals surface area contributed by atoms with E-state index in [1.165, 1.54) is 0 Å². The first-order valence-electron chi connectivity index (χ1n) is 9.65. The van der Waals surface area contributed by atoms with Crippen LogP contribution in [0.4, 0.5) is 17.2 Å². The normalized spacial score (nSPS) is 17.1. The van der Waals surface area contributed by atoms with Gasteiger partial charge in [0.15, 0.2) is 5.69 Å². The average Bonchev–Trinajstić information content (AvgIpc) is 2.67. The number of nitrogens with zero attached hydrogens (tertiary/aromatic N) is 2. The molecule has 1 aliphatic carbocycles. The molecule has 0 radical (unpaired) electrons. The number of hydrogen-bond acceptors (Lipinski definition) is 6. The summed E-state index contributed by atoms with van der Waals surface area (Å²) < 4.78 is 0. The molecule has 1 saturated carbocycles. The van der Waals surface area contributed by atoms with Crippen LogP contribution in [0.15, 0.2) is 36.4 Å². The highest BCUT2D eigenvalue weighted by Crippen LogP contribution is 2.38. The Labute approximate surface area is 168 Å². The third-order valence-electron chi connectivity index (χ3n) is 5.39. The summed E-state index contributed by atoms with van der Waals surface area (Å²) in [6, 6.07) is 11.3. The fourth-order valence-electron chi connectivity index (χ4n) is 3.61. The summed E-state index contributed by atoms with van der Waals surface area (Å²) in [6.07, 6.45) is 3.17. The molecule has 0 bridgehead atoms. The first-order valence-corrected chi connectivity index (χ1v) is 10.8. The molecule has 4 rings (SSSR count). The molecular weight excluding hydrogens is 372 g/mol. The second-order valence-corrected chi connectivity index (χ2v) is 8.41. The lowest BCUT2D eigenvalue weighted by molar-refractivity contribution is 0.0690. The van der Waals surface area contributed by atoms with Crippen molar-refractivity contribution < 1.29 is 9.90 Å². The van der Waals surface area contributed by atoms with Crippen LogP contribution in [-0.4, -0.2) is 46.4 Å². The molecule has 6 nitrogen and oxygen atoms in total. The van der Waals surface area contributed by atoms with E-state index in [4.69, 9.17) is 5.41 Å². The zero-order valence-corrected chi connectivity index (χ0v) is 16.5. The maximum absolute atomic E-state index is 11.8. The number of hydrogen-bond donors (Lipinski definition) is 3. The standard InChI is InChI=1S/C21H24N4O2S/c22-19(14-5-4-6-14)18-17(25-9-11-28-12-10-25)13-16(21(26)27)24-20(18)23-15-7-2-1-3-8-15/h1-3,7-8,13-14,22H,4-6,9-12H2,(H,23,24)(H,26,27). The number of carboxylic acids is 1. The lowest BCUT2D eigenvalue weighted by atomic mass is 9.79. The van der Waals surface area contributed by atoms with Crippen LogP contribution in [0.2, 0.25) is 0 Å². The van der Waals surface area contributed by atoms with Gasteiger partial charge in [-0.25, -0.2) is 9.78 Å². The van der Waals surface area contributed by atoms with Gasteiger partial charge in [-0.15, -0.1) is 0 Å². The summed E-state index contributed by atoms with van der Waals surface area (Å²) in [5.41, 5.74) is 2.99. The third kappa shape index (κ3) is 3.85. The van der Waals surface area contributed by atoms with E-state index >= 15 is 0 Å². The topological polar surface area (TPSA) is 89.3 Å². The molecule has 1 aliphatic heterocycles. The number of nitrogens with one attached hydrogen (secondary N) is 2. The largest absolute Gasteiger partial charge is 0.477 e. The highest BCUT2D eigenvalue weighted by atomic mass is 32.2. The Kier molecular flexibility index (Phi) is 5.52. The highest BCUT2D eigenvalue weighted by molar-refractivity contribution is 7.99. The van der Waals surface area contributed by atoms with Gasteiger partial charge in [0.1, 0.15) is 5.82 Å². The minimum absolute atomic E-state index is 0.0109. The Morgan fingerprint density at radius 3 is 2.54 bits per heavy atom. The second-order valence-electron chi connectivity index (χ2n) is 7.19. The Morgan fingerprint density at radius 2 is 1.93 bits per heavy atom. The number of benzene rings is 1. The number of anilines is 3. The first-order chi connectivity index (χ1) is 13.6. The van der Waals surface area contributed by atoms with Crippen molar-refractivity contribution in [3.63, 3.8) is 0 Å². The summed E-state index contributed by atoms with van der Waals surface area (Å²) in [5.74, 6) is 1.65. The summed E-state index contributed by atoms with van der Waals surface area (Å²) in [4.78, 5) is 18.4. The van der Waals surface area contributed by atoms with Gasteiger partial charge in [0, 0.05) is 41.9 Å². The van der Waals surface area contributed by atoms with Crippen LogP contribution in [0.5, 0.6) is 0 Å². The predicted octanol–water partition coefficient (Wildman–Crippen LogP) is 4.24. The molecule has 0 amide bonds. The Morgan fingerprint density at radius 1 is 1.21 bits per heavy atom. The number of carbonyl (C=O) groups is 1. The fourth-order valence-corrected chi connectivity index (χ4v) is 4.51. The van der Waals surface area contributed by atoms with Gasteiger partial charge in [0.25, 0.3) is 0 Å². The van der Waals surface area contributed by atoms with Gasteiger partial charge < -0.3 is 20.7 Å². The highest BCUT2D eigenvalue weighted by Gasteiger charge is 2.30. The molecule has 3 N–H and O–H groups in total. The zero-order valence-electron chi connectivity index (χ0n) is 15.6. The van der Waals surface area contributed by atoms with E-state index in [9.17, 15) is 9.90 Å². The number of aromatic nitrogens is 1. The van der Waals surface area contributed by atoms with E-state index in [2.05, 4.69) is 15.2 Å². The van der Waals surface area contributed by atoms with Crippen LogP contribution in [0.3, 0.4) is 0 Å². The van der Waals surface area contributed by atoms with Crippen molar-refractivity contribution in [2.45, 2.75) is 19.3 Å². The molecule has 1 saturated heterocycles. The molecular formula is C21H24N4O2S. The van der Waals surface area contributed by atoms with Gasteiger partial charge >= 0.3 is 5.97 Å². The lowest BCUT2D eigenvalue weighted by Gasteiger charge is -2.34. The molecule has 2 fully saturated rings. The van der Waals surface area contributed by atoms with Gasteiger partial charge in [0.05, 0.1) is 11.3 Å². The molecule has 28 heavy (non-hydrogen) atoms. The molecule has 0 spiro atoms. The predicted molar refractivity (Wildman–Crippen MR) is 115 cm³/mol. The maximum Gasteiger partial charge on any atom is 0.354 e. The van der Waals surface area contributed by atoms with Crippen LogP contribution in [0.1, 0.15) is 35.3 Å². The molecule has 2 aliphatic rings. The van der Waals surface area contributed by atoms with Crippen molar-refractivity contribution in [3.05, 3.63) is 47.7 Å². The van der Waals surface area contributed by atoms with Crippen molar-refractivity contribution >= 4 is 40.6 Å². The molecule has 1 aromatic heterocycles. The van der Waals surface area contributed by atoms with Crippen molar-refractivity contribution in [2.75, 3.05) is 34.8 Å². The molecule has 0 atom stereocenters. The van der Waals surface area contributed by atoms with E-state index in [1.807, 2.05) is 42.1 Å². The van der Waals surface area contributed by atoms with Gasteiger partial charge in [-0.1, -0.05) is 24.6 Å². The summed E-state index contributed by atoms with van der Waals surface area (Å²) in [6.45, 7) is 1.70. The summed E-state index contributed by atoms with van der Waals surface area (Å²) >= 11 is 1.90. The summed E-state index contributed by atoms with van der Waals surface area (Å²) in [7, 11) is 0. The van der Waals surface area contributed by atoms with E-state index in [-0.39, 0.29) is 11.6 Å². The Hall–Kier alpha value is -2.54. The maximum atomic E-state index is 11.8. The van der Waals surface area contributed by atoms with Crippen molar-refractivity contribution in [3.8, 4) is 0 Å². The van der Waals surface area contributed by atoms with Crippen LogP contribution in [0.25, 0.3) is 0 Å². The van der Waals surface area contributed by atoms with Crippen molar-refractivity contribution in [1.29, 1.82) is 5.41 Å².